The lowest BCUT2D eigenvalue weighted by Gasteiger charge is -2.11. The number of carbonyl (C=O) groups is 1. The quantitative estimate of drug-likeness (QED) is 0.795. The van der Waals surface area contributed by atoms with Crippen molar-refractivity contribution in [3.63, 3.8) is 0 Å². The molecule has 2 rings (SSSR count). The molecule has 0 bridgehead atoms. The van der Waals surface area contributed by atoms with E-state index in [9.17, 15) is 9.36 Å². The highest BCUT2D eigenvalue weighted by Gasteiger charge is 2.19. The molecule has 0 radical (unpaired) electrons. The molecule has 0 aromatic heterocycles. The van der Waals surface area contributed by atoms with Gasteiger partial charge < -0.3 is 14.0 Å². The van der Waals surface area contributed by atoms with Gasteiger partial charge in [-0.3, -0.25) is 4.57 Å². The molecule has 0 fully saturated rings. The fourth-order valence-electron chi connectivity index (χ4n) is 1.82. The highest BCUT2D eigenvalue weighted by molar-refractivity contribution is 7.49. The first kappa shape index (κ1) is 15.1. The van der Waals surface area contributed by atoms with Crippen LogP contribution in [0.5, 0.6) is 11.5 Å². The van der Waals surface area contributed by atoms with Gasteiger partial charge in [0.1, 0.15) is 5.56 Å². The van der Waals surface area contributed by atoms with Gasteiger partial charge in [-0.2, -0.15) is 0 Å². The fourth-order valence-corrected chi connectivity index (χ4v) is 2.68. The van der Waals surface area contributed by atoms with Crippen LogP contribution < -0.4 is 14.8 Å². The molecule has 0 aliphatic rings. The van der Waals surface area contributed by atoms with Crippen molar-refractivity contribution >= 4 is 19.3 Å². The molecule has 21 heavy (non-hydrogen) atoms. The van der Waals surface area contributed by atoms with Crippen molar-refractivity contribution in [1.29, 1.82) is 0 Å². The van der Waals surface area contributed by atoms with E-state index in [2.05, 4.69) is 0 Å². The second-order valence-electron chi connectivity index (χ2n) is 4.08. The van der Waals surface area contributed by atoms with Crippen LogP contribution in [0.2, 0.25) is 0 Å². The molecule has 0 spiro atoms. The molecule has 6 heteroatoms. The average Bonchev–Trinajstić information content (AvgIpc) is 2.54. The minimum atomic E-state index is -2.65. The van der Waals surface area contributed by atoms with Crippen LogP contribution in [-0.2, 0) is 9.09 Å². The summed E-state index contributed by atoms with van der Waals surface area (Å²) >= 11 is 0. The third-order valence-corrected chi connectivity index (χ3v) is 3.99. The van der Waals surface area contributed by atoms with Gasteiger partial charge in [0.25, 0.3) is 8.03 Å². The number of benzene rings is 2. The predicted molar refractivity (Wildman–Crippen MR) is 80.0 cm³/mol. The monoisotopic (exact) mass is 306 g/mol. The SMILES string of the molecule is COc1cccc(C(=O)O[PH](=O)c2ccccc2)c1OC. The van der Waals surface area contributed by atoms with Crippen LogP contribution in [0.25, 0.3) is 0 Å². The maximum absolute atomic E-state index is 12.1. The predicted octanol–water partition coefficient (Wildman–Crippen LogP) is 2.66. The summed E-state index contributed by atoms with van der Waals surface area (Å²) in [4.78, 5) is 12.1. The van der Waals surface area contributed by atoms with Crippen molar-refractivity contribution in [3.8, 4) is 11.5 Å². The van der Waals surface area contributed by atoms with E-state index in [1.807, 2.05) is 0 Å². The fraction of sp³-hybridized carbons (Fsp3) is 0.133. The Hall–Kier alpha value is -2.26. The van der Waals surface area contributed by atoms with Crippen molar-refractivity contribution in [1.82, 2.24) is 0 Å². The van der Waals surface area contributed by atoms with Crippen LogP contribution in [0.3, 0.4) is 0 Å². The number of hydrogen-bond acceptors (Lipinski definition) is 5. The molecule has 1 unspecified atom stereocenters. The van der Waals surface area contributed by atoms with E-state index in [0.29, 0.717) is 11.1 Å². The molecule has 0 aliphatic heterocycles. The first-order valence-electron chi connectivity index (χ1n) is 6.20. The smallest absolute Gasteiger partial charge is 0.347 e. The van der Waals surface area contributed by atoms with Crippen molar-refractivity contribution in [3.05, 3.63) is 54.1 Å². The number of para-hydroxylation sites is 1. The molecule has 0 N–H and O–H groups in total. The van der Waals surface area contributed by atoms with Gasteiger partial charge >= 0.3 is 5.97 Å². The van der Waals surface area contributed by atoms with Gasteiger partial charge in [-0.15, -0.1) is 0 Å². The molecular formula is C15H15O5P. The molecule has 0 heterocycles. The van der Waals surface area contributed by atoms with Gasteiger partial charge in [-0.1, -0.05) is 24.3 Å². The molecule has 0 saturated heterocycles. The van der Waals surface area contributed by atoms with E-state index in [0.717, 1.165) is 0 Å². The van der Waals surface area contributed by atoms with Crippen LogP contribution in [0.1, 0.15) is 10.4 Å². The average molecular weight is 306 g/mol. The maximum Gasteiger partial charge on any atom is 0.347 e. The van der Waals surface area contributed by atoms with Crippen LogP contribution >= 0.6 is 8.03 Å². The minimum Gasteiger partial charge on any atom is -0.493 e. The largest absolute Gasteiger partial charge is 0.493 e. The summed E-state index contributed by atoms with van der Waals surface area (Å²) in [5.74, 6) is -0.0438. The Bertz CT molecular complexity index is 654. The summed E-state index contributed by atoms with van der Waals surface area (Å²) in [6.07, 6.45) is 0. The number of carbonyl (C=O) groups excluding carboxylic acids is 1. The van der Waals surface area contributed by atoms with E-state index in [1.165, 1.54) is 20.3 Å². The molecule has 1 atom stereocenters. The molecule has 0 saturated carbocycles. The Kier molecular flexibility index (Phi) is 5.01. The van der Waals surface area contributed by atoms with Crippen LogP contribution in [0, 0.1) is 0 Å². The van der Waals surface area contributed by atoms with Crippen LogP contribution in [-0.4, -0.2) is 20.2 Å². The second-order valence-corrected chi connectivity index (χ2v) is 5.44. The normalized spacial score (nSPS) is 11.5. The van der Waals surface area contributed by atoms with Crippen molar-refractivity contribution in [2.24, 2.45) is 0 Å². The zero-order valence-electron chi connectivity index (χ0n) is 11.7. The first-order valence-corrected chi connectivity index (χ1v) is 7.51. The summed E-state index contributed by atoms with van der Waals surface area (Å²) in [6.45, 7) is 0. The summed E-state index contributed by atoms with van der Waals surface area (Å²) in [6, 6.07) is 13.4. The summed E-state index contributed by atoms with van der Waals surface area (Å²) in [7, 11) is 0.244. The molecule has 0 amide bonds. The Morgan fingerprint density at radius 3 is 2.29 bits per heavy atom. The van der Waals surface area contributed by atoms with E-state index in [1.54, 1.807) is 42.5 Å². The van der Waals surface area contributed by atoms with E-state index in [-0.39, 0.29) is 11.3 Å². The minimum absolute atomic E-state index is 0.172. The van der Waals surface area contributed by atoms with Gasteiger partial charge in [0.2, 0.25) is 0 Å². The molecule has 5 nitrogen and oxygen atoms in total. The molecular weight excluding hydrogens is 291 g/mol. The highest BCUT2D eigenvalue weighted by atomic mass is 31.1. The summed E-state index contributed by atoms with van der Waals surface area (Å²) in [5.41, 5.74) is 0.172. The first-order chi connectivity index (χ1) is 10.2. The summed E-state index contributed by atoms with van der Waals surface area (Å²) in [5, 5.41) is 0.484. The lowest BCUT2D eigenvalue weighted by Crippen LogP contribution is -2.07. The van der Waals surface area contributed by atoms with Crippen molar-refractivity contribution in [2.45, 2.75) is 0 Å². The van der Waals surface area contributed by atoms with Gasteiger partial charge in [-0.05, 0) is 24.3 Å². The maximum atomic E-state index is 12.1. The van der Waals surface area contributed by atoms with Crippen LogP contribution in [0.4, 0.5) is 0 Å². The zero-order valence-corrected chi connectivity index (χ0v) is 12.7. The molecule has 2 aromatic rings. The lowest BCUT2D eigenvalue weighted by atomic mass is 10.2. The van der Waals surface area contributed by atoms with Gasteiger partial charge in [-0.25, -0.2) is 4.79 Å². The standard InChI is InChI=1S/C15H15O5P/c1-18-13-10-6-9-12(14(13)19-2)15(16)20-21(17)11-7-4-3-5-8-11/h3-10,21H,1-2H3. The van der Waals surface area contributed by atoms with E-state index in [4.69, 9.17) is 14.0 Å². The number of hydrogen-bond donors (Lipinski definition) is 0. The molecule has 110 valence electrons. The third-order valence-electron chi connectivity index (χ3n) is 2.82. The summed E-state index contributed by atoms with van der Waals surface area (Å²) < 4.78 is 27.4. The van der Waals surface area contributed by atoms with E-state index >= 15 is 0 Å². The van der Waals surface area contributed by atoms with Crippen molar-refractivity contribution in [2.75, 3.05) is 14.2 Å². The van der Waals surface area contributed by atoms with Gasteiger partial charge in [0.05, 0.1) is 14.2 Å². The van der Waals surface area contributed by atoms with Gasteiger partial charge in [0.15, 0.2) is 11.5 Å². The van der Waals surface area contributed by atoms with E-state index < -0.39 is 14.0 Å². The Morgan fingerprint density at radius 1 is 0.952 bits per heavy atom. The highest BCUT2D eigenvalue weighted by Crippen LogP contribution is 2.33. The molecule has 2 aromatic carbocycles. The second kappa shape index (κ2) is 6.95. The Labute approximate surface area is 123 Å². The zero-order chi connectivity index (χ0) is 15.2. The number of rotatable bonds is 5. The third kappa shape index (κ3) is 3.44. The number of ether oxygens (including phenoxy) is 2. The van der Waals surface area contributed by atoms with Crippen LogP contribution in [0.15, 0.2) is 48.5 Å². The van der Waals surface area contributed by atoms with Gasteiger partial charge in [0, 0.05) is 5.30 Å². The lowest BCUT2D eigenvalue weighted by molar-refractivity contribution is 0.0747. The number of methoxy groups -OCH3 is 2. The Balaban J connectivity index is 2.23. The topological polar surface area (TPSA) is 61.8 Å². The Morgan fingerprint density at radius 2 is 1.67 bits per heavy atom. The molecule has 0 aliphatic carbocycles. The van der Waals surface area contributed by atoms with Crippen molar-refractivity contribution < 1.29 is 23.4 Å².